The molecule has 1 aliphatic heterocycles. The predicted octanol–water partition coefficient (Wildman–Crippen LogP) is 3.44. The topological polar surface area (TPSA) is 96.2 Å². The van der Waals surface area contributed by atoms with E-state index in [9.17, 15) is 18.0 Å². The molecule has 1 aromatic heterocycles. The number of carbonyl (C=O) groups excluding carboxylic acids is 1. The average molecular weight is 495 g/mol. The molecule has 0 radical (unpaired) electrons. The number of amides is 1. The summed E-state index contributed by atoms with van der Waals surface area (Å²) in [5, 5.41) is 5.77. The van der Waals surface area contributed by atoms with E-state index in [2.05, 4.69) is 32.4 Å². The van der Waals surface area contributed by atoms with Gasteiger partial charge in [0.2, 0.25) is 0 Å². The molecule has 36 heavy (non-hydrogen) atoms. The van der Waals surface area contributed by atoms with Gasteiger partial charge in [0.25, 0.3) is 5.91 Å². The molecular formula is C26H25F3N6O. The molecule has 7 nitrogen and oxygen atoms in total. The molecule has 4 rings (SSSR count). The monoisotopic (exact) mass is 494 g/mol. The van der Waals surface area contributed by atoms with Gasteiger partial charge >= 0.3 is 6.18 Å². The third-order valence-corrected chi connectivity index (χ3v) is 5.77. The maximum absolute atomic E-state index is 13.8. The Kier molecular flexibility index (Phi) is 7.52. The van der Waals surface area contributed by atoms with Gasteiger partial charge in [-0.2, -0.15) is 13.2 Å². The summed E-state index contributed by atoms with van der Waals surface area (Å²) in [7, 11) is 0. The Morgan fingerprint density at radius 1 is 1.11 bits per heavy atom. The van der Waals surface area contributed by atoms with Crippen LogP contribution in [0.25, 0.3) is 0 Å². The number of aromatic nitrogens is 2. The van der Waals surface area contributed by atoms with Crippen LogP contribution in [0.3, 0.4) is 0 Å². The molecule has 3 aromatic rings. The number of carbonyl (C=O) groups is 1. The number of nitrogen functional groups attached to an aromatic ring is 1. The number of nitrogens with zero attached hydrogens (tertiary/aromatic N) is 3. The van der Waals surface area contributed by atoms with Crippen molar-refractivity contribution in [1.82, 2.24) is 20.2 Å². The van der Waals surface area contributed by atoms with Gasteiger partial charge in [-0.05, 0) is 48.2 Å². The Morgan fingerprint density at radius 2 is 1.89 bits per heavy atom. The van der Waals surface area contributed by atoms with E-state index in [0.717, 1.165) is 24.7 Å². The van der Waals surface area contributed by atoms with Crippen molar-refractivity contribution < 1.29 is 18.0 Å². The Labute approximate surface area is 206 Å². The Balaban J connectivity index is 1.53. The van der Waals surface area contributed by atoms with E-state index < -0.39 is 17.6 Å². The number of piperazine rings is 1. The van der Waals surface area contributed by atoms with Crippen LogP contribution in [0.2, 0.25) is 0 Å². The van der Waals surface area contributed by atoms with Crippen LogP contribution in [0.4, 0.5) is 24.7 Å². The first-order chi connectivity index (χ1) is 17.2. The second kappa shape index (κ2) is 10.8. The smallest absolute Gasteiger partial charge is 0.382 e. The van der Waals surface area contributed by atoms with E-state index in [0.29, 0.717) is 24.3 Å². The Hall–Kier alpha value is -3.94. The van der Waals surface area contributed by atoms with Gasteiger partial charge in [-0.25, -0.2) is 9.97 Å². The van der Waals surface area contributed by atoms with E-state index in [4.69, 9.17) is 5.73 Å². The maximum Gasteiger partial charge on any atom is 0.416 e. The van der Waals surface area contributed by atoms with Gasteiger partial charge in [0.1, 0.15) is 11.5 Å². The molecule has 1 saturated heterocycles. The zero-order chi connectivity index (χ0) is 25.7. The van der Waals surface area contributed by atoms with E-state index in [-0.39, 0.29) is 29.2 Å². The van der Waals surface area contributed by atoms with Crippen LogP contribution in [0, 0.1) is 18.8 Å². The summed E-state index contributed by atoms with van der Waals surface area (Å²) in [6, 6.07) is 8.84. The zero-order valence-electron chi connectivity index (χ0n) is 19.6. The minimum Gasteiger partial charge on any atom is -0.382 e. The number of hydrogen-bond donors (Lipinski definition) is 3. The number of anilines is 2. The fourth-order valence-electron chi connectivity index (χ4n) is 3.80. The van der Waals surface area contributed by atoms with E-state index in [1.165, 1.54) is 24.5 Å². The third kappa shape index (κ3) is 6.38. The lowest BCUT2D eigenvalue weighted by atomic mass is 10.0. The number of hydrogen-bond acceptors (Lipinski definition) is 6. The molecule has 1 fully saturated rings. The van der Waals surface area contributed by atoms with Gasteiger partial charge in [-0.1, -0.05) is 18.1 Å². The zero-order valence-corrected chi connectivity index (χ0v) is 19.6. The first-order valence-corrected chi connectivity index (χ1v) is 11.3. The molecule has 0 atom stereocenters. The first-order valence-electron chi connectivity index (χ1n) is 11.3. The number of alkyl halides is 3. The molecule has 2 heterocycles. The first kappa shape index (κ1) is 25.2. The molecule has 4 N–H and O–H groups in total. The number of halogens is 3. The van der Waals surface area contributed by atoms with Gasteiger partial charge in [0.15, 0.2) is 0 Å². The quantitative estimate of drug-likeness (QED) is 0.481. The largest absolute Gasteiger partial charge is 0.416 e. The highest BCUT2D eigenvalue weighted by Gasteiger charge is 2.34. The van der Waals surface area contributed by atoms with Crippen molar-refractivity contribution in [2.24, 2.45) is 0 Å². The summed E-state index contributed by atoms with van der Waals surface area (Å²) < 4.78 is 41.4. The second-order valence-electron chi connectivity index (χ2n) is 8.46. The van der Waals surface area contributed by atoms with Gasteiger partial charge in [-0.3, -0.25) is 9.69 Å². The van der Waals surface area contributed by atoms with Crippen LogP contribution in [0.1, 0.15) is 38.3 Å². The third-order valence-electron chi connectivity index (χ3n) is 5.77. The summed E-state index contributed by atoms with van der Waals surface area (Å²) in [5.74, 6) is 5.56. The van der Waals surface area contributed by atoms with Crippen molar-refractivity contribution in [3.8, 4) is 11.8 Å². The molecule has 1 aliphatic rings. The molecule has 186 valence electrons. The number of nitrogens with two attached hydrogens (primary N) is 1. The molecular weight excluding hydrogens is 469 g/mol. The number of nitrogens with one attached hydrogen (secondary N) is 2. The van der Waals surface area contributed by atoms with Gasteiger partial charge in [0, 0.05) is 49.5 Å². The van der Waals surface area contributed by atoms with Crippen molar-refractivity contribution in [2.45, 2.75) is 19.6 Å². The average Bonchev–Trinajstić information content (AvgIpc) is 2.85. The Bertz CT molecular complexity index is 1310. The molecule has 1 amide bonds. The SMILES string of the molecule is Cc1ccc(C(=O)Nc2ccc(CN3CCNCC3)c(C(F)(F)F)c2)cc1C#Cc1cnc(N)cn1. The van der Waals surface area contributed by atoms with Crippen LogP contribution in [-0.4, -0.2) is 47.0 Å². The summed E-state index contributed by atoms with van der Waals surface area (Å²) in [5.41, 5.74) is 7.13. The molecule has 0 saturated carbocycles. The van der Waals surface area contributed by atoms with Crippen molar-refractivity contribution in [1.29, 1.82) is 0 Å². The lowest BCUT2D eigenvalue weighted by Crippen LogP contribution is -2.43. The van der Waals surface area contributed by atoms with Crippen LogP contribution in [0.15, 0.2) is 48.8 Å². The highest BCUT2D eigenvalue weighted by atomic mass is 19.4. The molecule has 0 spiro atoms. The normalized spacial score (nSPS) is 14.1. The molecule has 2 aromatic carbocycles. The van der Waals surface area contributed by atoms with Crippen LogP contribution >= 0.6 is 0 Å². The predicted molar refractivity (Wildman–Crippen MR) is 131 cm³/mol. The van der Waals surface area contributed by atoms with Gasteiger partial charge in [-0.15, -0.1) is 0 Å². The molecule has 0 bridgehead atoms. The maximum atomic E-state index is 13.8. The second-order valence-corrected chi connectivity index (χ2v) is 8.46. The Morgan fingerprint density at radius 3 is 2.58 bits per heavy atom. The fraction of sp³-hybridized carbons (Fsp3) is 0.269. The summed E-state index contributed by atoms with van der Waals surface area (Å²) >= 11 is 0. The molecule has 10 heteroatoms. The van der Waals surface area contributed by atoms with Crippen molar-refractivity contribution in [3.05, 3.63) is 82.3 Å². The standard InChI is InChI=1S/C26H25F3N6O/c1-17-2-3-19(12-18(17)4-7-22-14-33-24(30)15-32-22)25(36)34-21-6-5-20(23(13-21)26(27,28)29)16-35-10-8-31-9-11-35/h2-3,5-6,12-15,31H,8-11,16H2,1H3,(H2,30,33)(H,34,36). The minimum atomic E-state index is -4.54. The summed E-state index contributed by atoms with van der Waals surface area (Å²) in [4.78, 5) is 22.8. The molecule has 0 unspecified atom stereocenters. The summed E-state index contributed by atoms with van der Waals surface area (Å²) in [6.45, 7) is 4.88. The number of aryl methyl sites for hydroxylation is 1. The van der Waals surface area contributed by atoms with Crippen molar-refractivity contribution in [2.75, 3.05) is 37.2 Å². The highest BCUT2D eigenvalue weighted by Crippen LogP contribution is 2.34. The number of rotatable bonds is 4. The lowest BCUT2D eigenvalue weighted by molar-refractivity contribution is -0.138. The van der Waals surface area contributed by atoms with Crippen LogP contribution in [0.5, 0.6) is 0 Å². The van der Waals surface area contributed by atoms with Crippen molar-refractivity contribution in [3.63, 3.8) is 0 Å². The summed E-state index contributed by atoms with van der Waals surface area (Å²) in [6.07, 6.45) is -1.70. The lowest BCUT2D eigenvalue weighted by Gasteiger charge is -2.28. The van der Waals surface area contributed by atoms with Gasteiger partial charge < -0.3 is 16.4 Å². The fourth-order valence-corrected chi connectivity index (χ4v) is 3.80. The highest BCUT2D eigenvalue weighted by molar-refractivity contribution is 6.04. The van der Waals surface area contributed by atoms with E-state index in [1.54, 1.807) is 18.2 Å². The van der Waals surface area contributed by atoms with Crippen LogP contribution in [-0.2, 0) is 12.7 Å². The number of benzene rings is 2. The molecule has 0 aliphatic carbocycles. The minimum absolute atomic E-state index is 0.0711. The van der Waals surface area contributed by atoms with E-state index in [1.807, 2.05) is 11.8 Å². The van der Waals surface area contributed by atoms with E-state index >= 15 is 0 Å². The van der Waals surface area contributed by atoms with Gasteiger partial charge in [0.05, 0.1) is 18.0 Å². The van der Waals surface area contributed by atoms with Crippen molar-refractivity contribution >= 4 is 17.4 Å². The van der Waals surface area contributed by atoms with Crippen LogP contribution < -0.4 is 16.4 Å².